The predicted octanol–water partition coefficient (Wildman–Crippen LogP) is 6.26. The molecule has 0 aromatic heterocycles. The second kappa shape index (κ2) is 12.5. The van der Waals surface area contributed by atoms with E-state index in [0.29, 0.717) is 6.61 Å². The summed E-state index contributed by atoms with van der Waals surface area (Å²) in [5, 5.41) is 18.8. The minimum absolute atomic E-state index is 0.0672. The molecule has 0 spiro atoms. The fraction of sp³-hybridized carbons (Fsp3) is 0.462. The summed E-state index contributed by atoms with van der Waals surface area (Å²) in [5.74, 6) is 1.70. The highest BCUT2D eigenvalue weighted by atomic mass is 16.5. The minimum atomic E-state index is -0.0829. The van der Waals surface area contributed by atoms with Crippen molar-refractivity contribution in [2.75, 3.05) is 0 Å². The van der Waals surface area contributed by atoms with Crippen molar-refractivity contribution in [2.45, 2.75) is 72.7 Å². The fourth-order valence-corrected chi connectivity index (χ4v) is 3.61. The van der Waals surface area contributed by atoms with Gasteiger partial charge in [0, 0.05) is 0 Å². The molecule has 0 saturated carbocycles. The predicted molar refractivity (Wildman–Crippen MR) is 121 cm³/mol. The lowest BCUT2D eigenvalue weighted by Gasteiger charge is -2.12. The van der Waals surface area contributed by atoms with Crippen molar-refractivity contribution < 1.29 is 14.9 Å². The van der Waals surface area contributed by atoms with Crippen molar-refractivity contribution in [1.29, 1.82) is 0 Å². The summed E-state index contributed by atoms with van der Waals surface area (Å²) in [5.41, 5.74) is 4.95. The first-order valence-electron chi connectivity index (χ1n) is 10.8. The number of rotatable bonds is 12. The van der Waals surface area contributed by atoms with Crippen LogP contribution in [0.2, 0.25) is 0 Å². The maximum Gasteiger partial charge on any atom is 0.120 e. The van der Waals surface area contributed by atoms with Gasteiger partial charge < -0.3 is 14.9 Å². The van der Waals surface area contributed by atoms with Crippen LogP contribution in [-0.2, 0) is 19.8 Å². The molecule has 2 rings (SSSR count). The van der Waals surface area contributed by atoms with Gasteiger partial charge in [-0.3, -0.25) is 0 Å². The highest BCUT2D eigenvalue weighted by Gasteiger charge is 2.05. The normalized spacial score (nSPS) is 11.9. The van der Waals surface area contributed by atoms with Crippen LogP contribution in [0.15, 0.2) is 48.5 Å². The van der Waals surface area contributed by atoms with Gasteiger partial charge in [-0.15, -0.1) is 0 Å². The largest absolute Gasteiger partial charge is 0.489 e. The number of ether oxygens (including phenoxy) is 1. The molecule has 0 aliphatic carbocycles. The van der Waals surface area contributed by atoms with Crippen LogP contribution < -0.4 is 4.74 Å². The summed E-state index contributed by atoms with van der Waals surface area (Å²) in [6.45, 7) is 7.01. The number of unbranched alkanes of at least 4 members (excludes halogenated alkanes) is 1. The van der Waals surface area contributed by atoms with Crippen LogP contribution in [-0.4, -0.2) is 10.2 Å². The zero-order valence-electron chi connectivity index (χ0n) is 18.2. The van der Waals surface area contributed by atoms with Crippen LogP contribution in [0.3, 0.4) is 0 Å². The van der Waals surface area contributed by atoms with Gasteiger partial charge >= 0.3 is 0 Å². The van der Waals surface area contributed by atoms with Gasteiger partial charge in [0.25, 0.3) is 0 Å². The molecule has 3 nitrogen and oxygen atoms in total. The van der Waals surface area contributed by atoms with Crippen molar-refractivity contribution in [3.8, 4) is 5.75 Å². The molecule has 2 aromatic rings. The Balaban J connectivity index is 1.94. The van der Waals surface area contributed by atoms with Gasteiger partial charge in [0.15, 0.2) is 0 Å². The number of hydrogen-bond donors (Lipinski definition) is 2. The average molecular weight is 397 g/mol. The number of hydrogen-bond acceptors (Lipinski definition) is 3. The Labute approximate surface area is 176 Å². The Kier molecular flexibility index (Phi) is 9.96. The molecular formula is C26H36O3. The van der Waals surface area contributed by atoms with Crippen LogP contribution in [0.1, 0.15) is 75.1 Å². The Hall–Kier alpha value is -2.10. The lowest BCUT2D eigenvalue weighted by molar-refractivity contribution is 0.259. The smallest absolute Gasteiger partial charge is 0.120 e. The van der Waals surface area contributed by atoms with Gasteiger partial charge in [0.1, 0.15) is 12.4 Å². The summed E-state index contributed by atoms with van der Waals surface area (Å²) in [6.07, 6.45) is 8.57. The third kappa shape index (κ3) is 7.34. The van der Waals surface area contributed by atoms with E-state index in [-0.39, 0.29) is 13.2 Å². The minimum Gasteiger partial charge on any atom is -0.489 e. The Morgan fingerprint density at radius 3 is 2.45 bits per heavy atom. The number of aliphatic hydroxyl groups excluding tert-OH is 2. The Morgan fingerprint density at radius 2 is 1.76 bits per heavy atom. The third-order valence-electron chi connectivity index (χ3n) is 5.73. The van der Waals surface area contributed by atoms with Crippen molar-refractivity contribution in [3.05, 3.63) is 70.8 Å². The van der Waals surface area contributed by atoms with E-state index in [1.54, 1.807) is 0 Å². The zero-order valence-corrected chi connectivity index (χ0v) is 18.2. The number of allylic oxidation sites excluding steroid dienone is 2. The van der Waals surface area contributed by atoms with Gasteiger partial charge in [0.05, 0.1) is 13.2 Å². The van der Waals surface area contributed by atoms with Crippen LogP contribution in [0.25, 0.3) is 5.57 Å². The molecule has 0 heterocycles. The lowest BCUT2D eigenvalue weighted by Crippen LogP contribution is -2.00. The SMILES string of the molecule is CCC(CC)CCC/C=C(/C)c1cccc(OCc2ccc(CO)c(CO)c2)c1. The molecule has 0 amide bonds. The van der Waals surface area contributed by atoms with Crippen molar-refractivity contribution >= 4 is 5.57 Å². The van der Waals surface area contributed by atoms with E-state index in [4.69, 9.17) is 4.74 Å². The third-order valence-corrected chi connectivity index (χ3v) is 5.73. The van der Waals surface area contributed by atoms with E-state index < -0.39 is 0 Å². The van der Waals surface area contributed by atoms with E-state index in [0.717, 1.165) is 34.8 Å². The second-order valence-corrected chi connectivity index (χ2v) is 7.74. The summed E-state index contributed by atoms with van der Waals surface area (Å²) in [7, 11) is 0. The summed E-state index contributed by atoms with van der Waals surface area (Å²) in [6, 6.07) is 13.9. The van der Waals surface area contributed by atoms with E-state index >= 15 is 0 Å². The summed E-state index contributed by atoms with van der Waals surface area (Å²) < 4.78 is 5.97. The standard InChI is InChI=1S/C26H36O3/c1-4-21(5-2)10-7-6-9-20(3)23-11-8-12-26(16-23)29-19-22-13-14-24(17-27)25(15-22)18-28/h8-9,11-16,21,27-28H,4-7,10,17-19H2,1-3H3/b20-9-. The molecular weight excluding hydrogens is 360 g/mol. The van der Waals surface area contributed by atoms with Crippen molar-refractivity contribution in [3.63, 3.8) is 0 Å². The van der Waals surface area contributed by atoms with Crippen molar-refractivity contribution in [2.24, 2.45) is 5.92 Å². The zero-order chi connectivity index (χ0) is 21.1. The first kappa shape index (κ1) is 23.2. The molecule has 2 aromatic carbocycles. The molecule has 29 heavy (non-hydrogen) atoms. The van der Waals surface area contributed by atoms with Gasteiger partial charge in [-0.05, 0) is 71.7 Å². The number of aliphatic hydroxyl groups is 2. The first-order valence-corrected chi connectivity index (χ1v) is 10.8. The molecule has 0 atom stereocenters. The quantitative estimate of drug-likeness (QED) is 0.416. The van der Waals surface area contributed by atoms with Gasteiger partial charge in [-0.2, -0.15) is 0 Å². The molecule has 2 N–H and O–H groups in total. The van der Waals surface area contributed by atoms with Crippen LogP contribution in [0, 0.1) is 5.92 Å². The molecule has 0 aliphatic heterocycles. The van der Waals surface area contributed by atoms with E-state index in [2.05, 4.69) is 39.0 Å². The highest BCUT2D eigenvalue weighted by molar-refractivity contribution is 5.64. The van der Waals surface area contributed by atoms with Crippen molar-refractivity contribution in [1.82, 2.24) is 0 Å². The lowest BCUT2D eigenvalue weighted by atomic mass is 9.96. The van der Waals surface area contributed by atoms with E-state index in [1.165, 1.54) is 36.8 Å². The van der Waals surface area contributed by atoms with E-state index in [1.807, 2.05) is 30.3 Å². The Morgan fingerprint density at radius 1 is 1.00 bits per heavy atom. The van der Waals surface area contributed by atoms with Crippen LogP contribution >= 0.6 is 0 Å². The number of benzene rings is 2. The maximum atomic E-state index is 9.45. The molecule has 0 saturated heterocycles. The van der Waals surface area contributed by atoms with Gasteiger partial charge in [-0.1, -0.05) is 63.5 Å². The van der Waals surface area contributed by atoms with Crippen LogP contribution in [0.4, 0.5) is 0 Å². The summed E-state index contributed by atoms with van der Waals surface area (Å²) in [4.78, 5) is 0. The first-order chi connectivity index (χ1) is 14.1. The highest BCUT2D eigenvalue weighted by Crippen LogP contribution is 2.23. The fourth-order valence-electron chi connectivity index (χ4n) is 3.61. The summed E-state index contributed by atoms with van der Waals surface area (Å²) >= 11 is 0. The molecule has 0 bridgehead atoms. The topological polar surface area (TPSA) is 49.7 Å². The average Bonchev–Trinajstić information content (AvgIpc) is 2.77. The monoisotopic (exact) mass is 396 g/mol. The van der Waals surface area contributed by atoms with Gasteiger partial charge in [0.2, 0.25) is 0 Å². The van der Waals surface area contributed by atoms with Gasteiger partial charge in [-0.25, -0.2) is 0 Å². The van der Waals surface area contributed by atoms with E-state index in [9.17, 15) is 10.2 Å². The molecule has 0 aliphatic rings. The maximum absolute atomic E-state index is 9.45. The molecule has 3 heteroatoms. The second-order valence-electron chi connectivity index (χ2n) is 7.74. The molecule has 158 valence electrons. The molecule has 0 radical (unpaired) electrons. The molecule has 0 fully saturated rings. The molecule has 0 unspecified atom stereocenters. The Bertz CT molecular complexity index is 775. The van der Waals surface area contributed by atoms with Crippen LogP contribution in [0.5, 0.6) is 5.75 Å².